The molecule has 2 fully saturated rings. The third-order valence-electron chi connectivity index (χ3n) is 7.48. The molecule has 10 nitrogen and oxygen atoms in total. The number of rotatable bonds is 7. The Labute approximate surface area is 233 Å². The number of hydrogen-bond acceptors (Lipinski definition) is 8. The molecule has 204 valence electrons. The van der Waals surface area contributed by atoms with Crippen LogP contribution in [0.5, 0.6) is 6.01 Å². The fourth-order valence-corrected chi connectivity index (χ4v) is 5.31. The minimum absolute atomic E-state index is 0.153. The van der Waals surface area contributed by atoms with Gasteiger partial charge >= 0.3 is 12.1 Å². The van der Waals surface area contributed by atoms with E-state index in [2.05, 4.69) is 26.7 Å². The van der Waals surface area contributed by atoms with Crippen molar-refractivity contribution in [3.8, 4) is 6.01 Å². The maximum absolute atomic E-state index is 13.0. The van der Waals surface area contributed by atoms with Crippen molar-refractivity contribution in [1.29, 1.82) is 0 Å². The number of likely N-dealkylation sites (tertiary alicyclic amines) is 1. The SMILES string of the molecule is [C-]#[N+]C[C@H]1CN(c2nc(OC[C@@H]3CCCN3C)nc3c(C)c(Cl)ncc23)CCN1C(=O)OCc1ccccc1. The Balaban J connectivity index is 1.37. The van der Waals surface area contributed by atoms with Gasteiger partial charge in [0.1, 0.15) is 30.2 Å². The van der Waals surface area contributed by atoms with Gasteiger partial charge in [0.05, 0.1) is 10.9 Å². The van der Waals surface area contributed by atoms with Gasteiger partial charge in [0.2, 0.25) is 6.54 Å². The van der Waals surface area contributed by atoms with E-state index in [1.165, 1.54) is 0 Å². The molecule has 0 bridgehead atoms. The van der Waals surface area contributed by atoms with Crippen molar-refractivity contribution < 1.29 is 14.3 Å². The highest BCUT2D eigenvalue weighted by molar-refractivity contribution is 6.31. The molecule has 4 heterocycles. The van der Waals surface area contributed by atoms with Crippen LogP contribution >= 0.6 is 11.6 Å². The highest BCUT2D eigenvalue weighted by Gasteiger charge is 2.35. The zero-order valence-electron chi connectivity index (χ0n) is 22.2. The zero-order chi connectivity index (χ0) is 27.4. The molecule has 1 aromatic carbocycles. The summed E-state index contributed by atoms with van der Waals surface area (Å²) in [6.45, 7) is 12.6. The molecule has 0 N–H and O–H groups in total. The second-order valence-corrected chi connectivity index (χ2v) is 10.4. The lowest BCUT2D eigenvalue weighted by molar-refractivity contribution is 0.0788. The number of anilines is 1. The van der Waals surface area contributed by atoms with Crippen LogP contribution in [0.15, 0.2) is 36.5 Å². The van der Waals surface area contributed by atoms with Crippen LogP contribution in [0.1, 0.15) is 24.0 Å². The summed E-state index contributed by atoms with van der Waals surface area (Å²) in [6.07, 6.45) is 3.48. The van der Waals surface area contributed by atoms with Crippen LogP contribution < -0.4 is 9.64 Å². The van der Waals surface area contributed by atoms with Gasteiger partial charge in [-0.3, -0.25) is 4.90 Å². The van der Waals surface area contributed by atoms with E-state index < -0.39 is 6.09 Å². The Morgan fingerprint density at radius 2 is 2.00 bits per heavy atom. The number of benzene rings is 1. The highest BCUT2D eigenvalue weighted by Crippen LogP contribution is 2.32. The first kappa shape index (κ1) is 26.9. The molecule has 11 heteroatoms. The quantitative estimate of drug-likeness (QED) is 0.320. The molecule has 0 unspecified atom stereocenters. The second kappa shape index (κ2) is 12.0. The van der Waals surface area contributed by atoms with Gasteiger partial charge in [-0.1, -0.05) is 41.9 Å². The minimum Gasteiger partial charge on any atom is -0.462 e. The fraction of sp³-hybridized carbons (Fsp3) is 0.464. The third kappa shape index (κ3) is 6.00. The van der Waals surface area contributed by atoms with Crippen molar-refractivity contribution in [2.24, 2.45) is 0 Å². The molecule has 2 aromatic heterocycles. The Bertz CT molecular complexity index is 1370. The summed E-state index contributed by atoms with van der Waals surface area (Å²) in [5.74, 6) is 0.661. The lowest BCUT2D eigenvalue weighted by Crippen LogP contribution is -2.56. The normalized spacial score (nSPS) is 19.7. The lowest BCUT2D eigenvalue weighted by Gasteiger charge is -2.39. The van der Waals surface area contributed by atoms with Gasteiger partial charge in [-0.25, -0.2) is 16.4 Å². The molecule has 1 amide bonds. The van der Waals surface area contributed by atoms with Crippen molar-refractivity contribution in [3.05, 3.63) is 64.2 Å². The second-order valence-electron chi connectivity index (χ2n) is 10.0. The van der Waals surface area contributed by atoms with Crippen LogP contribution in [0.2, 0.25) is 5.15 Å². The van der Waals surface area contributed by atoms with Gasteiger partial charge in [0, 0.05) is 37.4 Å². The van der Waals surface area contributed by atoms with Gasteiger partial charge < -0.3 is 24.1 Å². The maximum atomic E-state index is 13.0. The zero-order valence-corrected chi connectivity index (χ0v) is 23.0. The van der Waals surface area contributed by atoms with E-state index in [1.807, 2.05) is 37.3 Å². The number of carbonyl (C=O) groups is 1. The Morgan fingerprint density at radius 1 is 1.18 bits per heavy atom. The maximum Gasteiger partial charge on any atom is 0.410 e. The van der Waals surface area contributed by atoms with Crippen molar-refractivity contribution in [2.75, 3.05) is 51.3 Å². The Morgan fingerprint density at radius 3 is 2.74 bits per heavy atom. The van der Waals surface area contributed by atoms with Crippen LogP contribution in [0.25, 0.3) is 15.7 Å². The molecular weight excluding hydrogens is 518 g/mol. The largest absolute Gasteiger partial charge is 0.462 e. The molecule has 0 saturated carbocycles. The molecule has 2 saturated heterocycles. The van der Waals surface area contributed by atoms with E-state index in [-0.39, 0.29) is 25.2 Å². The number of carbonyl (C=O) groups excluding carboxylic acids is 1. The number of hydrogen-bond donors (Lipinski definition) is 0. The minimum atomic E-state index is -0.423. The van der Waals surface area contributed by atoms with Gasteiger partial charge in [0.25, 0.3) is 0 Å². The van der Waals surface area contributed by atoms with E-state index >= 15 is 0 Å². The molecule has 0 aliphatic carbocycles. The molecule has 2 aliphatic heterocycles. The first-order valence-corrected chi connectivity index (χ1v) is 13.5. The fourth-order valence-electron chi connectivity index (χ4n) is 5.18. The van der Waals surface area contributed by atoms with E-state index in [9.17, 15) is 4.79 Å². The van der Waals surface area contributed by atoms with Crippen LogP contribution in [0, 0.1) is 13.5 Å². The van der Waals surface area contributed by atoms with Crippen molar-refractivity contribution in [3.63, 3.8) is 0 Å². The van der Waals surface area contributed by atoms with Crippen LogP contribution in [0.4, 0.5) is 10.6 Å². The summed E-state index contributed by atoms with van der Waals surface area (Å²) in [5, 5.41) is 1.13. The predicted molar refractivity (Wildman–Crippen MR) is 149 cm³/mol. The number of pyridine rings is 1. The van der Waals surface area contributed by atoms with Crippen molar-refractivity contribution in [1.82, 2.24) is 24.8 Å². The number of aromatic nitrogens is 3. The van der Waals surface area contributed by atoms with E-state index in [4.69, 9.17) is 37.6 Å². The number of nitrogens with zero attached hydrogens (tertiary/aromatic N) is 7. The van der Waals surface area contributed by atoms with Crippen LogP contribution in [-0.2, 0) is 11.3 Å². The summed E-state index contributed by atoms with van der Waals surface area (Å²) >= 11 is 6.35. The number of fused-ring (bicyclic) bond motifs is 1. The number of aryl methyl sites for hydroxylation is 1. The van der Waals surface area contributed by atoms with Gasteiger partial charge in [-0.2, -0.15) is 9.97 Å². The molecular formula is C28H32ClN7O3. The third-order valence-corrected chi connectivity index (χ3v) is 7.86. The number of piperazine rings is 1. The average molecular weight is 550 g/mol. The van der Waals surface area contributed by atoms with Gasteiger partial charge in [-0.05, 0) is 38.9 Å². The van der Waals surface area contributed by atoms with Gasteiger partial charge in [-0.15, -0.1) is 0 Å². The molecule has 39 heavy (non-hydrogen) atoms. The lowest BCUT2D eigenvalue weighted by atomic mass is 10.1. The van der Waals surface area contributed by atoms with Crippen molar-refractivity contribution >= 4 is 34.4 Å². The average Bonchev–Trinajstić information content (AvgIpc) is 3.37. The Kier molecular flexibility index (Phi) is 8.29. The van der Waals surface area contributed by atoms with Gasteiger partial charge in [0.15, 0.2) is 0 Å². The summed E-state index contributed by atoms with van der Waals surface area (Å²) in [7, 11) is 2.10. The number of likely N-dealkylation sites (N-methyl/N-ethyl adjacent to an activating group) is 1. The van der Waals surface area contributed by atoms with E-state index in [1.54, 1.807) is 11.1 Å². The molecule has 5 rings (SSSR count). The monoisotopic (exact) mass is 549 g/mol. The molecule has 2 atom stereocenters. The standard InChI is InChI=1S/C28H32ClN7O3/c1-19-24-23(15-31-25(19)29)26(33-27(32-24)38-18-21-10-7-11-34(21)3)35-12-13-36(22(16-35)14-30-2)28(37)39-17-20-8-5-4-6-9-20/h4-6,8-9,15,21-22H,7,10-14,16-18H2,1,3H3/t21-,22-/m0/s1. The summed E-state index contributed by atoms with van der Waals surface area (Å²) in [4.78, 5) is 36.4. The topological polar surface area (TPSA) is 88.3 Å². The first-order chi connectivity index (χ1) is 18.9. The summed E-state index contributed by atoms with van der Waals surface area (Å²) < 4.78 is 11.7. The number of amides is 1. The van der Waals surface area contributed by atoms with E-state index in [0.29, 0.717) is 48.8 Å². The predicted octanol–water partition coefficient (Wildman–Crippen LogP) is 4.21. The Hall–Kier alpha value is -3.68. The van der Waals surface area contributed by atoms with Crippen molar-refractivity contribution in [2.45, 2.75) is 38.5 Å². The molecule has 2 aliphatic rings. The highest BCUT2D eigenvalue weighted by atomic mass is 35.5. The molecule has 0 spiro atoms. The number of halogens is 1. The summed E-state index contributed by atoms with van der Waals surface area (Å²) in [6, 6.07) is 9.80. The summed E-state index contributed by atoms with van der Waals surface area (Å²) in [5.41, 5.74) is 2.35. The van der Waals surface area contributed by atoms with Crippen LogP contribution in [-0.4, -0.2) is 89.3 Å². The smallest absolute Gasteiger partial charge is 0.410 e. The van der Waals surface area contributed by atoms with E-state index in [0.717, 1.165) is 35.9 Å². The molecule has 0 radical (unpaired) electrons. The first-order valence-electron chi connectivity index (χ1n) is 13.2. The number of ether oxygens (including phenoxy) is 2. The molecule has 3 aromatic rings. The van der Waals surface area contributed by atoms with Crippen LogP contribution in [0.3, 0.4) is 0 Å².